The molecule has 0 atom stereocenters. The summed E-state index contributed by atoms with van der Waals surface area (Å²) in [5, 5.41) is 2.75. The highest BCUT2D eigenvalue weighted by molar-refractivity contribution is 14.1. The van der Waals surface area contributed by atoms with Crippen LogP contribution in [-0.2, 0) is 0 Å². The summed E-state index contributed by atoms with van der Waals surface area (Å²) in [4.78, 5) is 7.55. The lowest BCUT2D eigenvalue weighted by molar-refractivity contribution is 1.33. The molecule has 0 rings (SSSR count). The van der Waals surface area contributed by atoms with Crippen molar-refractivity contribution in [1.82, 2.24) is 5.32 Å². The molecule has 1 N–H and O–H groups in total. The second-order valence-corrected chi connectivity index (χ2v) is 1.67. The highest BCUT2D eigenvalue weighted by atomic mass is 127. The minimum atomic E-state index is 0.780. The molecule has 0 fully saturated rings. The molecule has 0 aliphatic heterocycles. The van der Waals surface area contributed by atoms with Gasteiger partial charge in [0.25, 0.3) is 0 Å². The molecule has 0 amide bonds. The summed E-state index contributed by atoms with van der Waals surface area (Å²) < 4.78 is 0.780. The van der Waals surface area contributed by atoms with Crippen LogP contribution >= 0.6 is 22.6 Å². The van der Waals surface area contributed by atoms with Crippen molar-refractivity contribution in [3.63, 3.8) is 0 Å². The van der Waals surface area contributed by atoms with Gasteiger partial charge >= 0.3 is 0 Å². The van der Waals surface area contributed by atoms with E-state index < -0.39 is 0 Å². The molecule has 0 bridgehead atoms. The van der Waals surface area contributed by atoms with Crippen LogP contribution in [0.1, 0.15) is 0 Å². The molecular weight excluding hydrogens is 217 g/mol. The lowest BCUT2D eigenvalue weighted by atomic mass is 11.1. The van der Waals surface area contributed by atoms with Gasteiger partial charge in [-0.15, -0.1) is 0 Å². The Kier molecular flexibility index (Phi) is 6.76. The highest BCUT2D eigenvalue weighted by Gasteiger charge is 1.63. The first-order valence-corrected chi connectivity index (χ1v) is 3.65. The summed E-state index contributed by atoms with van der Waals surface area (Å²) >= 11 is 2.16. The summed E-state index contributed by atoms with van der Waals surface area (Å²) in [6.45, 7) is 0. The Balaban J connectivity index is 3.03. The van der Waals surface area contributed by atoms with Crippen molar-refractivity contribution in [3.8, 4) is 0 Å². The predicted octanol–water partition coefficient (Wildman–Crippen LogP) is 0.655. The SMILES string of the molecule is CN=CNC=NCI. The Labute approximate surface area is 62.4 Å². The van der Waals surface area contributed by atoms with Gasteiger partial charge in [0, 0.05) is 7.05 Å². The molecule has 0 unspecified atom stereocenters. The normalized spacial score (nSPS) is 11.2. The number of aliphatic imine (C=N–C) groups is 2. The molecule has 0 heterocycles. The topological polar surface area (TPSA) is 36.8 Å². The third-order valence-corrected chi connectivity index (χ3v) is 0.832. The van der Waals surface area contributed by atoms with Crippen LogP contribution in [0.3, 0.4) is 0 Å². The Hall–Kier alpha value is -0.130. The van der Waals surface area contributed by atoms with E-state index in [0.717, 1.165) is 4.55 Å². The number of nitrogens with one attached hydrogen (secondary N) is 1. The van der Waals surface area contributed by atoms with E-state index in [1.807, 2.05) is 0 Å². The fourth-order valence-corrected chi connectivity index (χ4v) is 0.392. The van der Waals surface area contributed by atoms with Crippen LogP contribution in [0, 0.1) is 0 Å². The number of rotatable bonds is 3. The molecule has 3 nitrogen and oxygen atoms in total. The maximum absolute atomic E-state index is 3.87. The number of halogens is 1. The monoisotopic (exact) mass is 225 g/mol. The van der Waals surface area contributed by atoms with Crippen molar-refractivity contribution in [2.45, 2.75) is 0 Å². The van der Waals surface area contributed by atoms with Crippen molar-refractivity contribution >= 4 is 35.3 Å². The largest absolute Gasteiger partial charge is 0.338 e. The third-order valence-electron chi connectivity index (χ3n) is 0.438. The average Bonchev–Trinajstić information content (AvgIpc) is 1.81. The van der Waals surface area contributed by atoms with Crippen LogP contribution in [0.5, 0.6) is 0 Å². The standard InChI is InChI=1S/C4H8IN3/c1-6-3-8-4-7-2-5/h3-4H,2H2,1H3,(H,6,7,8). The van der Waals surface area contributed by atoms with Gasteiger partial charge in [-0.25, -0.2) is 0 Å². The Bertz CT molecular complexity index is 89.3. The fourth-order valence-electron chi connectivity index (χ4n) is 0.195. The number of nitrogens with zero attached hydrogens (tertiary/aromatic N) is 2. The minimum Gasteiger partial charge on any atom is -0.338 e. The van der Waals surface area contributed by atoms with Gasteiger partial charge in [-0.05, 0) is 0 Å². The van der Waals surface area contributed by atoms with E-state index >= 15 is 0 Å². The molecule has 8 heavy (non-hydrogen) atoms. The molecule has 0 spiro atoms. The number of hydrogen-bond acceptors (Lipinski definition) is 2. The van der Waals surface area contributed by atoms with Crippen molar-refractivity contribution in [2.24, 2.45) is 9.98 Å². The van der Waals surface area contributed by atoms with Crippen molar-refractivity contribution in [2.75, 3.05) is 11.6 Å². The van der Waals surface area contributed by atoms with E-state index in [-0.39, 0.29) is 0 Å². The first-order valence-electron chi connectivity index (χ1n) is 2.12. The summed E-state index contributed by atoms with van der Waals surface area (Å²) in [6.07, 6.45) is 3.19. The van der Waals surface area contributed by atoms with Gasteiger partial charge in [-0.2, -0.15) is 0 Å². The average molecular weight is 225 g/mol. The Morgan fingerprint density at radius 3 is 2.88 bits per heavy atom. The zero-order valence-electron chi connectivity index (χ0n) is 4.63. The molecule has 0 aromatic heterocycles. The molecule has 0 radical (unpaired) electrons. The van der Waals surface area contributed by atoms with Crippen LogP contribution in [0.15, 0.2) is 9.98 Å². The van der Waals surface area contributed by atoms with E-state index in [1.54, 1.807) is 19.7 Å². The molecule has 0 saturated heterocycles. The van der Waals surface area contributed by atoms with Crippen LogP contribution in [0.4, 0.5) is 0 Å². The van der Waals surface area contributed by atoms with E-state index in [2.05, 4.69) is 37.9 Å². The molecule has 0 aliphatic carbocycles. The van der Waals surface area contributed by atoms with Crippen LogP contribution in [-0.4, -0.2) is 24.3 Å². The van der Waals surface area contributed by atoms with Gasteiger partial charge < -0.3 is 5.32 Å². The van der Waals surface area contributed by atoms with Gasteiger partial charge in [0.1, 0.15) is 0 Å². The second kappa shape index (κ2) is 6.87. The fraction of sp³-hybridized carbons (Fsp3) is 0.500. The van der Waals surface area contributed by atoms with Crippen LogP contribution < -0.4 is 5.32 Å². The van der Waals surface area contributed by atoms with Gasteiger partial charge in [0.05, 0.1) is 17.2 Å². The van der Waals surface area contributed by atoms with Gasteiger partial charge in [0.2, 0.25) is 0 Å². The first-order chi connectivity index (χ1) is 3.91. The van der Waals surface area contributed by atoms with Gasteiger partial charge in [-0.3, -0.25) is 9.98 Å². The zero-order chi connectivity index (χ0) is 6.24. The van der Waals surface area contributed by atoms with Crippen molar-refractivity contribution < 1.29 is 0 Å². The summed E-state index contributed by atoms with van der Waals surface area (Å²) in [5.41, 5.74) is 0. The summed E-state index contributed by atoms with van der Waals surface area (Å²) in [5.74, 6) is 0. The van der Waals surface area contributed by atoms with Gasteiger partial charge in [0.15, 0.2) is 0 Å². The van der Waals surface area contributed by atoms with Crippen molar-refractivity contribution in [3.05, 3.63) is 0 Å². The number of alkyl halides is 1. The lowest BCUT2D eigenvalue weighted by Crippen LogP contribution is -2.06. The molecule has 0 aromatic rings. The summed E-state index contributed by atoms with van der Waals surface area (Å²) in [6, 6.07) is 0. The zero-order valence-corrected chi connectivity index (χ0v) is 6.79. The van der Waals surface area contributed by atoms with E-state index in [1.165, 1.54) is 0 Å². The molecule has 46 valence electrons. The molecular formula is C4H8IN3. The van der Waals surface area contributed by atoms with Crippen LogP contribution in [0.2, 0.25) is 0 Å². The highest BCUT2D eigenvalue weighted by Crippen LogP contribution is 1.76. The maximum Gasteiger partial charge on any atom is 0.0921 e. The molecule has 4 heteroatoms. The maximum atomic E-state index is 3.87. The van der Waals surface area contributed by atoms with Crippen molar-refractivity contribution in [1.29, 1.82) is 0 Å². The Morgan fingerprint density at radius 1 is 1.62 bits per heavy atom. The molecule has 0 aromatic carbocycles. The van der Waals surface area contributed by atoms with E-state index in [9.17, 15) is 0 Å². The first kappa shape index (κ1) is 7.87. The molecule has 0 saturated carbocycles. The quantitative estimate of drug-likeness (QED) is 0.247. The lowest BCUT2D eigenvalue weighted by Gasteiger charge is -1.82. The van der Waals surface area contributed by atoms with E-state index in [4.69, 9.17) is 0 Å². The van der Waals surface area contributed by atoms with Gasteiger partial charge in [-0.1, -0.05) is 22.6 Å². The number of hydrogen-bond donors (Lipinski definition) is 1. The van der Waals surface area contributed by atoms with E-state index in [0.29, 0.717) is 0 Å². The molecule has 0 aliphatic rings. The van der Waals surface area contributed by atoms with Crippen LogP contribution in [0.25, 0.3) is 0 Å². The smallest absolute Gasteiger partial charge is 0.0921 e. The minimum absolute atomic E-state index is 0.780. The predicted molar refractivity (Wildman–Crippen MR) is 44.9 cm³/mol. The third kappa shape index (κ3) is 5.87. The summed E-state index contributed by atoms with van der Waals surface area (Å²) in [7, 11) is 1.70. The Morgan fingerprint density at radius 2 is 2.38 bits per heavy atom. The second-order valence-electron chi connectivity index (χ2n) is 0.985.